The van der Waals surface area contributed by atoms with Gasteiger partial charge >= 0.3 is 0 Å². The molecule has 0 heterocycles. The van der Waals surface area contributed by atoms with Gasteiger partial charge in [0.2, 0.25) is 0 Å². The Labute approximate surface area is 111 Å². The van der Waals surface area contributed by atoms with Crippen LogP contribution in [0.15, 0.2) is 65.5 Å². The van der Waals surface area contributed by atoms with E-state index in [9.17, 15) is 0 Å². The predicted molar refractivity (Wildman–Crippen MR) is 75.4 cm³/mol. The Kier molecular flexibility index (Phi) is 6.18. The van der Waals surface area contributed by atoms with Gasteiger partial charge in [-0.05, 0) is 36.0 Å². The first-order valence-corrected chi connectivity index (χ1v) is 6.08. The van der Waals surface area contributed by atoms with Crippen molar-refractivity contribution in [2.45, 2.75) is 6.61 Å². The third-order valence-electron chi connectivity index (χ3n) is 1.99. The quantitative estimate of drug-likeness (QED) is 0.637. The van der Waals surface area contributed by atoms with Gasteiger partial charge in [0, 0.05) is 11.5 Å². The Bertz CT molecular complexity index is 407. The minimum Gasteiger partial charge on any atom is -0.490 e. The zero-order chi connectivity index (χ0) is 12.5. The molecule has 0 bridgehead atoms. The second kappa shape index (κ2) is 7.74. The lowest BCUT2D eigenvalue weighted by atomic mass is 10.2. The number of halogens is 1. The molecule has 0 fully saturated rings. The van der Waals surface area contributed by atoms with Crippen molar-refractivity contribution in [3.63, 3.8) is 0 Å². The summed E-state index contributed by atoms with van der Waals surface area (Å²) in [4.78, 5) is 0. The van der Waals surface area contributed by atoms with Crippen LogP contribution < -0.4 is 5.32 Å². The number of hydrogen-bond acceptors (Lipinski definition) is 2. The van der Waals surface area contributed by atoms with Crippen LogP contribution in [0.1, 0.15) is 5.56 Å². The van der Waals surface area contributed by atoms with Crippen molar-refractivity contribution < 1.29 is 4.74 Å². The highest BCUT2D eigenvalue weighted by atomic mass is 79.9. The smallest absolute Gasteiger partial charge is 0.113 e. The molecule has 0 aromatic heterocycles. The summed E-state index contributed by atoms with van der Waals surface area (Å²) in [6, 6.07) is 8.02. The number of nitrogens with one attached hydrogen (secondary N) is 1. The largest absolute Gasteiger partial charge is 0.490 e. The molecule has 2 nitrogen and oxygen atoms in total. The molecule has 17 heavy (non-hydrogen) atoms. The Balaban J connectivity index is 2.35. The normalized spacial score (nSPS) is 10.9. The van der Waals surface area contributed by atoms with E-state index in [1.807, 2.05) is 55.7 Å². The van der Waals surface area contributed by atoms with Crippen molar-refractivity contribution >= 4 is 15.9 Å². The fourth-order valence-corrected chi connectivity index (χ4v) is 1.38. The Morgan fingerprint density at radius 1 is 1.35 bits per heavy atom. The van der Waals surface area contributed by atoms with Crippen molar-refractivity contribution in [2.75, 3.05) is 7.05 Å². The molecule has 0 saturated heterocycles. The molecule has 0 aliphatic rings. The highest BCUT2D eigenvalue weighted by Gasteiger charge is 1.94. The van der Waals surface area contributed by atoms with Crippen LogP contribution in [0.4, 0.5) is 0 Å². The summed E-state index contributed by atoms with van der Waals surface area (Å²) in [6.07, 6.45) is 7.42. The molecule has 0 spiro atoms. The molecule has 0 amide bonds. The lowest BCUT2D eigenvalue weighted by Gasteiger charge is -2.05. The molecule has 0 saturated carbocycles. The third-order valence-corrected chi connectivity index (χ3v) is 2.52. The molecule has 1 N–H and O–H groups in total. The first-order chi connectivity index (χ1) is 8.22. The van der Waals surface area contributed by atoms with Gasteiger partial charge in [-0.25, -0.2) is 0 Å². The van der Waals surface area contributed by atoms with Gasteiger partial charge in [0.05, 0.1) is 0 Å². The lowest BCUT2D eigenvalue weighted by molar-refractivity contribution is 0.212. The van der Waals surface area contributed by atoms with Crippen LogP contribution in [0.5, 0.6) is 0 Å². The average molecular weight is 294 g/mol. The summed E-state index contributed by atoms with van der Waals surface area (Å²) < 4.78 is 6.56. The van der Waals surface area contributed by atoms with Crippen molar-refractivity contribution in [1.29, 1.82) is 0 Å². The molecule has 0 aliphatic carbocycles. The van der Waals surface area contributed by atoms with Crippen LogP contribution in [0.25, 0.3) is 0 Å². The van der Waals surface area contributed by atoms with Crippen molar-refractivity contribution in [3.8, 4) is 0 Å². The predicted octanol–water partition coefficient (Wildman–Crippen LogP) is 3.77. The molecular weight excluding hydrogens is 278 g/mol. The van der Waals surface area contributed by atoms with Gasteiger partial charge in [0.1, 0.15) is 12.4 Å². The molecule has 0 atom stereocenters. The standard InChI is InChI=1S/C14H16BrNO/c1-12(5-3-4-10-16-2)17-11-13-6-8-14(15)9-7-13/h3-10,16H,1,11H2,2H3/b5-3-,10-4-. The molecule has 0 radical (unpaired) electrons. The summed E-state index contributed by atoms with van der Waals surface area (Å²) >= 11 is 3.39. The molecule has 90 valence electrons. The van der Waals surface area contributed by atoms with Crippen LogP contribution >= 0.6 is 15.9 Å². The Hall–Kier alpha value is -1.48. The van der Waals surface area contributed by atoms with Gasteiger partial charge in [-0.2, -0.15) is 0 Å². The van der Waals surface area contributed by atoms with E-state index in [0.29, 0.717) is 12.4 Å². The van der Waals surface area contributed by atoms with E-state index in [4.69, 9.17) is 4.74 Å². The molecule has 1 aromatic rings. The number of ether oxygens (including phenoxy) is 1. The van der Waals surface area contributed by atoms with Gasteiger partial charge < -0.3 is 10.1 Å². The van der Waals surface area contributed by atoms with Gasteiger partial charge in [0.25, 0.3) is 0 Å². The second-order valence-corrected chi connectivity index (χ2v) is 4.30. The summed E-state index contributed by atoms with van der Waals surface area (Å²) in [5, 5.41) is 2.90. The number of rotatable bonds is 6. The maximum atomic E-state index is 5.50. The summed E-state index contributed by atoms with van der Waals surface area (Å²) in [5.41, 5.74) is 1.12. The molecule has 0 aliphatic heterocycles. The van der Waals surface area contributed by atoms with E-state index in [0.717, 1.165) is 10.0 Å². The van der Waals surface area contributed by atoms with Crippen LogP contribution in [-0.4, -0.2) is 7.05 Å². The fourth-order valence-electron chi connectivity index (χ4n) is 1.12. The average Bonchev–Trinajstić information content (AvgIpc) is 2.34. The molecule has 1 aromatic carbocycles. The topological polar surface area (TPSA) is 21.3 Å². The SMILES string of the molecule is C=C(/C=C\C=C/NC)OCc1ccc(Br)cc1. The number of hydrogen-bond donors (Lipinski definition) is 1. The lowest BCUT2D eigenvalue weighted by Crippen LogP contribution is -1.91. The van der Waals surface area contributed by atoms with E-state index in [2.05, 4.69) is 27.8 Å². The first kappa shape index (κ1) is 13.6. The zero-order valence-electron chi connectivity index (χ0n) is 9.82. The number of benzene rings is 1. The maximum absolute atomic E-state index is 5.50. The molecule has 0 unspecified atom stereocenters. The van der Waals surface area contributed by atoms with E-state index >= 15 is 0 Å². The van der Waals surface area contributed by atoms with Crippen LogP contribution in [0.3, 0.4) is 0 Å². The summed E-state index contributed by atoms with van der Waals surface area (Å²) in [6.45, 7) is 4.35. The first-order valence-electron chi connectivity index (χ1n) is 5.29. The zero-order valence-corrected chi connectivity index (χ0v) is 11.4. The van der Waals surface area contributed by atoms with Crippen molar-refractivity contribution in [1.82, 2.24) is 5.32 Å². The van der Waals surface area contributed by atoms with Gasteiger partial charge in [0.15, 0.2) is 0 Å². The van der Waals surface area contributed by atoms with Crippen LogP contribution in [0.2, 0.25) is 0 Å². The summed E-state index contributed by atoms with van der Waals surface area (Å²) in [5.74, 6) is 0.647. The van der Waals surface area contributed by atoms with E-state index in [1.54, 1.807) is 0 Å². The molecular formula is C14H16BrNO. The Morgan fingerprint density at radius 2 is 2.06 bits per heavy atom. The van der Waals surface area contributed by atoms with E-state index < -0.39 is 0 Å². The highest BCUT2D eigenvalue weighted by Crippen LogP contribution is 2.12. The minimum absolute atomic E-state index is 0.534. The number of allylic oxidation sites excluding steroid dienone is 3. The van der Waals surface area contributed by atoms with E-state index in [-0.39, 0.29) is 0 Å². The van der Waals surface area contributed by atoms with Gasteiger partial charge in [-0.1, -0.05) is 40.7 Å². The monoisotopic (exact) mass is 293 g/mol. The molecule has 1 rings (SSSR count). The van der Waals surface area contributed by atoms with E-state index in [1.165, 1.54) is 0 Å². The molecule has 3 heteroatoms. The second-order valence-electron chi connectivity index (χ2n) is 3.39. The van der Waals surface area contributed by atoms with Crippen LogP contribution in [-0.2, 0) is 11.3 Å². The third kappa shape index (κ3) is 5.97. The highest BCUT2D eigenvalue weighted by molar-refractivity contribution is 9.10. The van der Waals surface area contributed by atoms with Crippen LogP contribution in [0, 0.1) is 0 Å². The maximum Gasteiger partial charge on any atom is 0.113 e. The van der Waals surface area contributed by atoms with Gasteiger partial charge in [-0.3, -0.25) is 0 Å². The van der Waals surface area contributed by atoms with Crippen molar-refractivity contribution in [2.24, 2.45) is 0 Å². The van der Waals surface area contributed by atoms with Crippen molar-refractivity contribution in [3.05, 3.63) is 71.1 Å². The summed E-state index contributed by atoms with van der Waals surface area (Å²) in [7, 11) is 1.85. The fraction of sp³-hybridized carbons (Fsp3) is 0.143. The minimum atomic E-state index is 0.534. The Morgan fingerprint density at radius 3 is 2.71 bits per heavy atom. The van der Waals surface area contributed by atoms with Gasteiger partial charge in [-0.15, -0.1) is 0 Å².